The predicted octanol–water partition coefficient (Wildman–Crippen LogP) is 1.89. The van der Waals surface area contributed by atoms with Crippen molar-refractivity contribution in [3.05, 3.63) is 42.4 Å². The monoisotopic (exact) mass is 221 g/mol. The molecule has 17 heavy (non-hydrogen) atoms. The molecule has 3 heterocycles. The molecule has 0 amide bonds. The van der Waals surface area contributed by atoms with Gasteiger partial charge in [0.2, 0.25) is 0 Å². The Kier molecular flexibility index (Phi) is 2.06. The first-order chi connectivity index (χ1) is 8.38. The van der Waals surface area contributed by atoms with Crippen LogP contribution in [-0.4, -0.2) is 20.2 Å². The Morgan fingerprint density at radius 1 is 1.24 bits per heavy atom. The smallest absolute Gasteiger partial charge is 0.110 e. The van der Waals surface area contributed by atoms with Crippen LogP contribution in [0.2, 0.25) is 0 Å². The van der Waals surface area contributed by atoms with Gasteiger partial charge in [-0.25, -0.2) is 4.98 Å². The number of pyridine rings is 2. The second-order valence-electron chi connectivity index (χ2n) is 3.52. The van der Waals surface area contributed by atoms with Gasteiger partial charge in [0.15, 0.2) is 0 Å². The van der Waals surface area contributed by atoms with E-state index in [9.17, 15) is 0 Å². The van der Waals surface area contributed by atoms with E-state index in [0.717, 1.165) is 5.39 Å². The Morgan fingerprint density at radius 3 is 2.94 bits per heavy atom. The summed E-state index contributed by atoms with van der Waals surface area (Å²) in [6.45, 7) is 0. The molecule has 3 aromatic rings. The van der Waals surface area contributed by atoms with Gasteiger partial charge in [-0.05, 0) is 18.2 Å². The Hall–Kier alpha value is -2.74. The van der Waals surface area contributed by atoms with E-state index in [1.165, 1.54) is 0 Å². The molecule has 1 N–H and O–H groups in total. The molecule has 0 saturated heterocycles. The molecule has 0 aliphatic heterocycles. The fraction of sp³-hybridized carbons (Fsp3) is 0. The maximum atomic E-state index is 9.13. The molecule has 0 radical (unpaired) electrons. The number of nitriles is 1. The van der Waals surface area contributed by atoms with E-state index in [-0.39, 0.29) is 0 Å². The van der Waals surface area contributed by atoms with Gasteiger partial charge in [0.05, 0.1) is 29.0 Å². The Labute approximate surface area is 96.8 Å². The summed E-state index contributed by atoms with van der Waals surface area (Å²) in [5, 5.41) is 16.7. The highest BCUT2D eigenvalue weighted by molar-refractivity contribution is 5.86. The zero-order valence-corrected chi connectivity index (χ0v) is 8.75. The highest BCUT2D eigenvalue weighted by atomic mass is 15.1. The van der Waals surface area contributed by atoms with Crippen LogP contribution < -0.4 is 0 Å². The summed E-state index contributed by atoms with van der Waals surface area (Å²) in [6, 6.07) is 7.50. The summed E-state index contributed by atoms with van der Waals surface area (Å²) in [5.74, 6) is 0. The fourth-order valence-electron chi connectivity index (χ4n) is 1.71. The summed E-state index contributed by atoms with van der Waals surface area (Å²) in [4.78, 5) is 8.44. The molecule has 80 valence electrons. The largest absolute Gasteiger partial charge is 0.285 e. The van der Waals surface area contributed by atoms with Gasteiger partial charge in [-0.1, -0.05) is 0 Å². The lowest BCUT2D eigenvalue weighted by Gasteiger charge is -2.01. The summed E-state index contributed by atoms with van der Waals surface area (Å²) >= 11 is 0. The van der Waals surface area contributed by atoms with Crippen LogP contribution in [0.1, 0.15) is 5.56 Å². The minimum Gasteiger partial charge on any atom is -0.285 e. The lowest BCUT2D eigenvalue weighted by atomic mass is 10.1. The zero-order valence-electron chi connectivity index (χ0n) is 8.75. The number of aromatic nitrogens is 4. The molecule has 0 atom stereocenters. The number of hydrogen-bond donors (Lipinski definition) is 1. The Balaban J connectivity index is 2.33. The fourth-order valence-corrected chi connectivity index (χ4v) is 1.71. The molecule has 0 unspecified atom stereocenters. The third-order valence-corrected chi connectivity index (χ3v) is 2.50. The summed E-state index contributed by atoms with van der Waals surface area (Å²) in [6.07, 6.45) is 5.02. The SMILES string of the molecule is N#Cc1cc(-c2cc[nH]n2)nc2cnccc12. The Bertz CT molecular complexity index is 709. The third kappa shape index (κ3) is 1.52. The van der Waals surface area contributed by atoms with Crippen LogP contribution in [0.3, 0.4) is 0 Å². The maximum Gasteiger partial charge on any atom is 0.110 e. The van der Waals surface area contributed by atoms with Crippen molar-refractivity contribution in [2.75, 3.05) is 0 Å². The molecule has 0 spiro atoms. The third-order valence-electron chi connectivity index (χ3n) is 2.50. The molecule has 0 bridgehead atoms. The van der Waals surface area contributed by atoms with E-state index in [4.69, 9.17) is 5.26 Å². The van der Waals surface area contributed by atoms with Gasteiger partial charge < -0.3 is 0 Å². The van der Waals surface area contributed by atoms with Crippen LogP contribution in [0.15, 0.2) is 36.8 Å². The van der Waals surface area contributed by atoms with Gasteiger partial charge in [0.1, 0.15) is 5.69 Å². The van der Waals surface area contributed by atoms with Crippen molar-refractivity contribution in [1.82, 2.24) is 20.2 Å². The first kappa shape index (κ1) is 9.48. The van der Waals surface area contributed by atoms with Gasteiger partial charge in [0, 0.05) is 17.8 Å². The quantitative estimate of drug-likeness (QED) is 0.680. The molecule has 0 aromatic carbocycles. The minimum atomic E-state index is 0.579. The lowest BCUT2D eigenvalue weighted by Crippen LogP contribution is -1.90. The second-order valence-corrected chi connectivity index (χ2v) is 3.52. The molecule has 5 heteroatoms. The van der Waals surface area contributed by atoms with Crippen molar-refractivity contribution >= 4 is 10.9 Å². The average molecular weight is 221 g/mol. The number of rotatable bonds is 1. The molecular formula is C12H7N5. The van der Waals surface area contributed by atoms with Crippen LogP contribution in [0, 0.1) is 11.3 Å². The summed E-state index contributed by atoms with van der Waals surface area (Å²) in [7, 11) is 0. The van der Waals surface area contributed by atoms with Gasteiger partial charge >= 0.3 is 0 Å². The van der Waals surface area contributed by atoms with Crippen molar-refractivity contribution in [1.29, 1.82) is 5.26 Å². The van der Waals surface area contributed by atoms with E-state index in [1.807, 2.05) is 6.07 Å². The van der Waals surface area contributed by atoms with Gasteiger partial charge in [-0.2, -0.15) is 10.4 Å². The van der Waals surface area contributed by atoms with E-state index in [0.29, 0.717) is 22.5 Å². The van der Waals surface area contributed by atoms with Crippen LogP contribution in [0.25, 0.3) is 22.3 Å². The molecule has 0 saturated carbocycles. The number of fused-ring (bicyclic) bond motifs is 1. The number of H-pyrrole nitrogens is 1. The average Bonchev–Trinajstić information content (AvgIpc) is 2.91. The molecule has 3 aromatic heterocycles. The molecule has 0 aliphatic rings. The van der Waals surface area contributed by atoms with Crippen LogP contribution >= 0.6 is 0 Å². The highest BCUT2D eigenvalue weighted by Crippen LogP contribution is 2.21. The first-order valence-electron chi connectivity index (χ1n) is 5.03. The van der Waals surface area contributed by atoms with Crippen molar-refractivity contribution in [2.45, 2.75) is 0 Å². The normalized spacial score (nSPS) is 10.3. The highest BCUT2D eigenvalue weighted by Gasteiger charge is 2.08. The van der Waals surface area contributed by atoms with Crippen LogP contribution in [-0.2, 0) is 0 Å². The van der Waals surface area contributed by atoms with E-state index >= 15 is 0 Å². The van der Waals surface area contributed by atoms with Crippen molar-refractivity contribution in [3.63, 3.8) is 0 Å². The number of nitrogens with one attached hydrogen (secondary N) is 1. The zero-order chi connectivity index (χ0) is 11.7. The van der Waals surface area contributed by atoms with Crippen LogP contribution in [0.5, 0.6) is 0 Å². The molecule has 0 aliphatic carbocycles. The maximum absolute atomic E-state index is 9.13. The van der Waals surface area contributed by atoms with Crippen LogP contribution in [0.4, 0.5) is 0 Å². The standard InChI is InChI=1S/C12H7N5/c13-6-8-5-11(10-2-4-15-17-10)16-12-7-14-3-1-9(8)12/h1-5,7H,(H,15,17). The number of nitrogens with zero attached hydrogens (tertiary/aromatic N) is 4. The topological polar surface area (TPSA) is 78.2 Å². The van der Waals surface area contributed by atoms with E-state index < -0.39 is 0 Å². The van der Waals surface area contributed by atoms with Crippen molar-refractivity contribution in [3.8, 4) is 17.5 Å². The molecular weight excluding hydrogens is 214 g/mol. The van der Waals surface area contributed by atoms with Gasteiger partial charge in [-0.3, -0.25) is 10.1 Å². The van der Waals surface area contributed by atoms with Gasteiger partial charge in [0.25, 0.3) is 0 Å². The summed E-state index contributed by atoms with van der Waals surface area (Å²) in [5.41, 5.74) is 2.66. The van der Waals surface area contributed by atoms with Crippen molar-refractivity contribution < 1.29 is 0 Å². The van der Waals surface area contributed by atoms with Gasteiger partial charge in [-0.15, -0.1) is 0 Å². The van der Waals surface area contributed by atoms with E-state index in [2.05, 4.69) is 26.2 Å². The molecule has 0 fully saturated rings. The second kappa shape index (κ2) is 3.68. The number of hydrogen-bond acceptors (Lipinski definition) is 4. The van der Waals surface area contributed by atoms with E-state index in [1.54, 1.807) is 30.7 Å². The predicted molar refractivity (Wildman–Crippen MR) is 61.8 cm³/mol. The first-order valence-corrected chi connectivity index (χ1v) is 5.03. The Morgan fingerprint density at radius 2 is 2.18 bits per heavy atom. The minimum absolute atomic E-state index is 0.579. The summed E-state index contributed by atoms with van der Waals surface area (Å²) < 4.78 is 0. The number of aromatic amines is 1. The lowest BCUT2D eigenvalue weighted by molar-refractivity contribution is 1.09. The molecule has 5 nitrogen and oxygen atoms in total. The van der Waals surface area contributed by atoms with Crippen molar-refractivity contribution in [2.24, 2.45) is 0 Å². The molecule has 3 rings (SSSR count).